The van der Waals surface area contributed by atoms with E-state index in [1.54, 1.807) is 6.07 Å². The van der Waals surface area contributed by atoms with E-state index >= 15 is 0 Å². The molecule has 0 fully saturated rings. The zero-order valence-corrected chi connectivity index (χ0v) is 14.0. The number of Topliss-reactive ketones (excluding diaryl/α,β-unsaturated/α-hetero) is 1. The second-order valence-corrected chi connectivity index (χ2v) is 5.38. The Labute approximate surface area is 128 Å². The SMILES string of the molecule is CCOc1ccc(C(=O)C(C)(CC)N(C)C)cc1OCC. The highest BCUT2D eigenvalue weighted by atomic mass is 16.5. The fourth-order valence-corrected chi connectivity index (χ4v) is 2.18. The molecule has 0 aliphatic carbocycles. The number of ketones is 1. The Hall–Kier alpha value is -1.55. The van der Waals surface area contributed by atoms with Gasteiger partial charge in [0.2, 0.25) is 0 Å². The van der Waals surface area contributed by atoms with Gasteiger partial charge in [-0.05, 0) is 59.5 Å². The lowest BCUT2D eigenvalue weighted by atomic mass is 9.87. The Bertz CT molecular complexity index is 485. The first-order chi connectivity index (χ1) is 9.90. The molecule has 0 spiro atoms. The molecular weight excluding hydrogens is 266 g/mol. The maximum Gasteiger partial charge on any atom is 0.182 e. The van der Waals surface area contributed by atoms with Crippen LogP contribution >= 0.6 is 0 Å². The summed E-state index contributed by atoms with van der Waals surface area (Å²) in [5.74, 6) is 1.40. The molecule has 0 bridgehead atoms. The first kappa shape index (κ1) is 17.5. The van der Waals surface area contributed by atoms with Crippen molar-refractivity contribution >= 4 is 5.78 Å². The average molecular weight is 293 g/mol. The van der Waals surface area contributed by atoms with E-state index in [0.29, 0.717) is 30.3 Å². The number of likely N-dealkylation sites (N-methyl/N-ethyl adjacent to an activating group) is 1. The lowest BCUT2D eigenvalue weighted by Gasteiger charge is -2.34. The number of ether oxygens (including phenoxy) is 2. The third kappa shape index (κ3) is 3.76. The van der Waals surface area contributed by atoms with Crippen molar-refractivity contribution in [1.29, 1.82) is 0 Å². The number of benzene rings is 1. The fraction of sp³-hybridized carbons (Fsp3) is 0.588. The van der Waals surface area contributed by atoms with Crippen molar-refractivity contribution < 1.29 is 14.3 Å². The molecule has 21 heavy (non-hydrogen) atoms. The Morgan fingerprint density at radius 3 is 2.14 bits per heavy atom. The predicted octanol–water partition coefficient (Wildman–Crippen LogP) is 3.40. The molecule has 0 heterocycles. The molecule has 1 aromatic rings. The van der Waals surface area contributed by atoms with Gasteiger partial charge in [0.15, 0.2) is 17.3 Å². The van der Waals surface area contributed by atoms with Gasteiger partial charge in [-0.25, -0.2) is 0 Å². The van der Waals surface area contributed by atoms with Crippen LogP contribution in [0.15, 0.2) is 18.2 Å². The summed E-state index contributed by atoms with van der Waals surface area (Å²) >= 11 is 0. The van der Waals surface area contributed by atoms with Gasteiger partial charge < -0.3 is 9.47 Å². The smallest absolute Gasteiger partial charge is 0.182 e. The van der Waals surface area contributed by atoms with E-state index in [2.05, 4.69) is 0 Å². The van der Waals surface area contributed by atoms with Crippen molar-refractivity contribution in [3.63, 3.8) is 0 Å². The van der Waals surface area contributed by atoms with Gasteiger partial charge >= 0.3 is 0 Å². The summed E-state index contributed by atoms with van der Waals surface area (Å²) < 4.78 is 11.1. The zero-order valence-electron chi connectivity index (χ0n) is 14.0. The van der Waals surface area contributed by atoms with Gasteiger partial charge in [0, 0.05) is 5.56 Å². The summed E-state index contributed by atoms with van der Waals surface area (Å²) in [7, 11) is 3.86. The van der Waals surface area contributed by atoms with Crippen LogP contribution in [0.25, 0.3) is 0 Å². The molecule has 0 saturated carbocycles. The minimum atomic E-state index is -0.517. The first-order valence-electron chi connectivity index (χ1n) is 7.52. The van der Waals surface area contributed by atoms with Crippen molar-refractivity contribution in [2.75, 3.05) is 27.3 Å². The van der Waals surface area contributed by atoms with Crippen molar-refractivity contribution in [2.45, 2.75) is 39.7 Å². The molecule has 1 aromatic carbocycles. The number of rotatable bonds is 8. The van der Waals surface area contributed by atoms with Gasteiger partial charge in [-0.3, -0.25) is 9.69 Å². The minimum Gasteiger partial charge on any atom is -0.490 e. The molecule has 0 aromatic heterocycles. The van der Waals surface area contributed by atoms with Gasteiger partial charge in [-0.2, -0.15) is 0 Å². The van der Waals surface area contributed by atoms with Crippen LogP contribution < -0.4 is 9.47 Å². The summed E-state index contributed by atoms with van der Waals surface area (Å²) in [6.07, 6.45) is 0.746. The third-order valence-corrected chi connectivity index (χ3v) is 3.97. The van der Waals surface area contributed by atoms with Crippen LogP contribution in [0.4, 0.5) is 0 Å². The number of carbonyl (C=O) groups excluding carboxylic acids is 1. The second kappa shape index (κ2) is 7.46. The summed E-state index contributed by atoms with van der Waals surface area (Å²) in [5, 5.41) is 0. The van der Waals surface area contributed by atoms with E-state index in [4.69, 9.17) is 9.47 Å². The largest absolute Gasteiger partial charge is 0.490 e. The Morgan fingerprint density at radius 1 is 1.10 bits per heavy atom. The maximum atomic E-state index is 12.8. The Balaban J connectivity index is 3.19. The van der Waals surface area contributed by atoms with Crippen molar-refractivity contribution in [3.05, 3.63) is 23.8 Å². The molecular formula is C17H27NO3. The van der Waals surface area contributed by atoms with Gasteiger partial charge in [0.1, 0.15) is 0 Å². The van der Waals surface area contributed by atoms with Gasteiger partial charge in [0.05, 0.1) is 18.8 Å². The van der Waals surface area contributed by atoms with Crippen LogP contribution in [-0.4, -0.2) is 43.5 Å². The number of carbonyl (C=O) groups is 1. The van der Waals surface area contributed by atoms with E-state index < -0.39 is 5.54 Å². The summed E-state index contributed by atoms with van der Waals surface area (Å²) in [4.78, 5) is 14.8. The van der Waals surface area contributed by atoms with Crippen LogP contribution in [0.3, 0.4) is 0 Å². The highest BCUT2D eigenvalue weighted by Crippen LogP contribution is 2.31. The lowest BCUT2D eigenvalue weighted by molar-refractivity contribution is 0.0710. The highest BCUT2D eigenvalue weighted by molar-refractivity contribution is 6.03. The van der Waals surface area contributed by atoms with E-state index in [-0.39, 0.29) is 5.78 Å². The van der Waals surface area contributed by atoms with Crippen LogP contribution in [0.5, 0.6) is 11.5 Å². The van der Waals surface area contributed by atoms with E-state index in [0.717, 1.165) is 6.42 Å². The summed E-state index contributed by atoms with van der Waals surface area (Å²) in [6, 6.07) is 5.41. The standard InChI is InChI=1S/C17H27NO3/c1-7-17(4,18(5)6)16(19)13-10-11-14(20-8-2)15(12-13)21-9-3/h10-12H,7-9H2,1-6H3. The predicted molar refractivity (Wildman–Crippen MR) is 85.5 cm³/mol. The Kier molecular flexibility index (Phi) is 6.21. The molecule has 0 radical (unpaired) electrons. The molecule has 1 unspecified atom stereocenters. The summed E-state index contributed by atoms with van der Waals surface area (Å²) in [6.45, 7) is 8.94. The van der Waals surface area contributed by atoms with Crippen LogP contribution in [0, 0.1) is 0 Å². The van der Waals surface area contributed by atoms with Crippen molar-refractivity contribution in [2.24, 2.45) is 0 Å². The molecule has 4 heteroatoms. The molecule has 4 nitrogen and oxygen atoms in total. The van der Waals surface area contributed by atoms with Crippen molar-refractivity contribution in [1.82, 2.24) is 4.90 Å². The van der Waals surface area contributed by atoms with Crippen LogP contribution in [0.2, 0.25) is 0 Å². The molecule has 0 aliphatic heterocycles. The zero-order chi connectivity index (χ0) is 16.0. The maximum absolute atomic E-state index is 12.8. The van der Waals surface area contributed by atoms with E-state index in [1.165, 1.54) is 0 Å². The average Bonchev–Trinajstić information content (AvgIpc) is 2.47. The van der Waals surface area contributed by atoms with Crippen LogP contribution in [-0.2, 0) is 0 Å². The molecule has 1 atom stereocenters. The monoisotopic (exact) mass is 293 g/mol. The number of nitrogens with zero attached hydrogens (tertiary/aromatic N) is 1. The Morgan fingerprint density at radius 2 is 1.67 bits per heavy atom. The summed E-state index contributed by atoms with van der Waals surface area (Å²) in [5.41, 5.74) is 0.135. The molecule has 0 aliphatic rings. The molecule has 118 valence electrons. The van der Waals surface area contributed by atoms with Crippen molar-refractivity contribution in [3.8, 4) is 11.5 Å². The van der Waals surface area contributed by atoms with Gasteiger partial charge in [-0.1, -0.05) is 6.92 Å². The molecule has 1 rings (SSSR count). The molecule has 0 amide bonds. The topological polar surface area (TPSA) is 38.8 Å². The number of hydrogen-bond donors (Lipinski definition) is 0. The minimum absolute atomic E-state index is 0.0963. The molecule has 0 saturated heterocycles. The normalized spacial score (nSPS) is 13.9. The van der Waals surface area contributed by atoms with E-state index in [9.17, 15) is 4.79 Å². The fourth-order valence-electron chi connectivity index (χ4n) is 2.18. The van der Waals surface area contributed by atoms with E-state index in [1.807, 2.05) is 58.8 Å². The first-order valence-corrected chi connectivity index (χ1v) is 7.52. The van der Waals surface area contributed by atoms with Gasteiger partial charge in [0.25, 0.3) is 0 Å². The molecule has 0 N–H and O–H groups in total. The van der Waals surface area contributed by atoms with Gasteiger partial charge in [-0.15, -0.1) is 0 Å². The quantitative estimate of drug-likeness (QED) is 0.689. The lowest BCUT2D eigenvalue weighted by Crippen LogP contribution is -2.48. The second-order valence-electron chi connectivity index (χ2n) is 5.38. The number of hydrogen-bond acceptors (Lipinski definition) is 4. The third-order valence-electron chi connectivity index (χ3n) is 3.97. The van der Waals surface area contributed by atoms with Crippen LogP contribution in [0.1, 0.15) is 44.5 Å². The highest BCUT2D eigenvalue weighted by Gasteiger charge is 2.34.